The van der Waals surface area contributed by atoms with E-state index in [9.17, 15) is 16.8 Å². The second-order valence-electron chi connectivity index (χ2n) is 9.93. The molecule has 222 valence electrons. The van der Waals surface area contributed by atoms with E-state index in [1.165, 1.54) is 13.2 Å². The van der Waals surface area contributed by atoms with Crippen molar-refractivity contribution in [3.8, 4) is 34.1 Å². The van der Waals surface area contributed by atoms with Gasteiger partial charge in [0.25, 0.3) is 0 Å². The average Bonchev–Trinajstić information content (AvgIpc) is 3.44. The van der Waals surface area contributed by atoms with Crippen LogP contribution in [0.1, 0.15) is 49.5 Å². The molecule has 0 aromatic heterocycles. The van der Waals surface area contributed by atoms with Crippen LogP contribution in [0, 0.1) is 0 Å². The smallest absolute Gasteiger partial charge is 0.203 e. The number of sulfone groups is 2. The Bertz CT molecular complexity index is 1600. The summed E-state index contributed by atoms with van der Waals surface area (Å²) >= 11 is 0. The fraction of sp³-hybridized carbons (Fsp3) is 0.400. The van der Waals surface area contributed by atoms with Crippen molar-refractivity contribution in [2.24, 2.45) is 0 Å². The Balaban J connectivity index is 1.85. The van der Waals surface area contributed by atoms with Crippen molar-refractivity contribution >= 4 is 19.7 Å². The lowest BCUT2D eigenvalue weighted by molar-refractivity contribution is 0.0437. The summed E-state index contributed by atoms with van der Waals surface area (Å²) in [6.07, 6.45) is 3.36. The maximum Gasteiger partial charge on any atom is 0.203 e. The number of methoxy groups -OCH3 is 3. The van der Waals surface area contributed by atoms with Crippen molar-refractivity contribution in [2.45, 2.75) is 48.2 Å². The first kappa shape index (κ1) is 30.7. The van der Waals surface area contributed by atoms with Crippen molar-refractivity contribution in [1.82, 2.24) is 0 Å². The maximum absolute atomic E-state index is 13.1. The van der Waals surface area contributed by atoms with Crippen LogP contribution in [0.15, 0.2) is 58.3 Å². The summed E-state index contributed by atoms with van der Waals surface area (Å²) in [6.45, 7) is 2.17. The highest BCUT2D eigenvalue weighted by Gasteiger charge is 2.32. The number of benzene rings is 3. The summed E-state index contributed by atoms with van der Waals surface area (Å²) in [5.74, 6) is 1.62. The van der Waals surface area contributed by atoms with Gasteiger partial charge in [-0.05, 0) is 60.7 Å². The summed E-state index contributed by atoms with van der Waals surface area (Å²) in [5.41, 5.74) is 2.20. The summed E-state index contributed by atoms with van der Waals surface area (Å²) in [4.78, 5) is 0.0715. The zero-order valence-corrected chi connectivity index (χ0v) is 25.7. The Morgan fingerprint density at radius 3 is 1.80 bits per heavy atom. The van der Waals surface area contributed by atoms with Crippen molar-refractivity contribution in [2.75, 3.05) is 40.4 Å². The Labute approximate surface area is 242 Å². The predicted octanol–water partition coefficient (Wildman–Crippen LogP) is 5.57. The molecule has 0 spiro atoms. The minimum atomic E-state index is -3.76. The number of ether oxygens (including phenoxy) is 5. The van der Waals surface area contributed by atoms with Crippen molar-refractivity contribution in [3.63, 3.8) is 0 Å². The summed E-state index contributed by atoms with van der Waals surface area (Å²) < 4.78 is 80.5. The minimum absolute atomic E-state index is 0.0124. The summed E-state index contributed by atoms with van der Waals surface area (Å²) in [7, 11) is -2.77. The summed E-state index contributed by atoms with van der Waals surface area (Å²) in [6, 6.07) is 13.6. The van der Waals surface area contributed by atoms with Crippen LogP contribution in [0.4, 0.5) is 0 Å². The number of rotatable bonds is 11. The maximum atomic E-state index is 13.1. The average molecular weight is 605 g/mol. The van der Waals surface area contributed by atoms with Crippen molar-refractivity contribution < 1.29 is 40.5 Å². The highest BCUT2D eigenvalue weighted by Crippen LogP contribution is 2.48. The van der Waals surface area contributed by atoms with E-state index in [1.54, 1.807) is 44.6 Å². The molecule has 1 heterocycles. The fourth-order valence-corrected chi connectivity index (χ4v) is 6.82. The first-order valence-corrected chi connectivity index (χ1v) is 17.0. The van der Waals surface area contributed by atoms with Gasteiger partial charge < -0.3 is 23.7 Å². The molecule has 1 aliphatic rings. The molecule has 0 bridgehead atoms. The van der Waals surface area contributed by atoms with Gasteiger partial charge in [-0.15, -0.1) is 0 Å². The Hall–Kier alpha value is -3.28. The molecular formula is C30H36O9S2. The lowest BCUT2D eigenvalue weighted by Gasteiger charge is -2.21. The second kappa shape index (κ2) is 12.3. The van der Waals surface area contributed by atoms with Crippen LogP contribution < -0.4 is 18.9 Å². The van der Waals surface area contributed by atoms with Crippen LogP contribution >= 0.6 is 0 Å². The van der Waals surface area contributed by atoms with E-state index in [-0.39, 0.29) is 28.3 Å². The molecule has 11 heteroatoms. The molecule has 41 heavy (non-hydrogen) atoms. The second-order valence-corrected chi connectivity index (χ2v) is 13.9. The van der Waals surface area contributed by atoms with Crippen molar-refractivity contribution in [3.05, 3.63) is 59.7 Å². The quantitative estimate of drug-likeness (QED) is 0.277. The topological polar surface area (TPSA) is 114 Å². The molecule has 0 saturated carbocycles. The largest absolute Gasteiger partial charge is 0.493 e. The van der Waals surface area contributed by atoms with Crippen LogP contribution in [-0.2, 0) is 24.4 Å². The monoisotopic (exact) mass is 604 g/mol. The van der Waals surface area contributed by atoms with E-state index in [1.807, 2.05) is 19.1 Å². The van der Waals surface area contributed by atoms with E-state index in [0.717, 1.165) is 18.1 Å². The first-order chi connectivity index (χ1) is 19.4. The van der Waals surface area contributed by atoms with Gasteiger partial charge in [-0.3, -0.25) is 0 Å². The third-order valence-electron chi connectivity index (χ3n) is 6.95. The van der Waals surface area contributed by atoms with Gasteiger partial charge in [-0.2, -0.15) is 0 Å². The zero-order valence-electron chi connectivity index (χ0n) is 24.1. The van der Waals surface area contributed by atoms with Gasteiger partial charge in [0.15, 0.2) is 31.2 Å². The van der Waals surface area contributed by atoms with Gasteiger partial charge in [0.1, 0.15) is 10.6 Å². The number of hydrogen-bond donors (Lipinski definition) is 0. The van der Waals surface area contributed by atoms with E-state index in [2.05, 4.69) is 0 Å². The van der Waals surface area contributed by atoms with Gasteiger partial charge >= 0.3 is 0 Å². The number of hydrogen-bond acceptors (Lipinski definition) is 9. The molecule has 0 N–H and O–H groups in total. The lowest BCUT2D eigenvalue weighted by Crippen LogP contribution is -2.09. The first-order valence-electron chi connectivity index (χ1n) is 13.2. The van der Waals surface area contributed by atoms with E-state index >= 15 is 0 Å². The highest BCUT2D eigenvalue weighted by atomic mass is 32.2. The Morgan fingerprint density at radius 1 is 0.732 bits per heavy atom. The normalized spacial score (nSPS) is 17.3. The Kier molecular flexibility index (Phi) is 9.20. The van der Waals surface area contributed by atoms with Crippen LogP contribution in [0.5, 0.6) is 23.0 Å². The van der Waals surface area contributed by atoms with Gasteiger partial charge in [-0.25, -0.2) is 16.8 Å². The van der Waals surface area contributed by atoms with Gasteiger partial charge in [0.2, 0.25) is 5.75 Å². The molecule has 3 aromatic carbocycles. The van der Waals surface area contributed by atoms with Crippen LogP contribution in [0.25, 0.3) is 11.1 Å². The molecular weight excluding hydrogens is 568 g/mol. The molecule has 1 saturated heterocycles. The van der Waals surface area contributed by atoms with E-state index < -0.39 is 25.8 Å². The molecule has 1 aliphatic heterocycles. The predicted molar refractivity (Wildman–Crippen MR) is 156 cm³/mol. The molecule has 0 unspecified atom stereocenters. The van der Waals surface area contributed by atoms with Crippen LogP contribution in [-0.4, -0.2) is 57.3 Å². The van der Waals surface area contributed by atoms with Crippen LogP contribution in [0.3, 0.4) is 0 Å². The molecule has 9 nitrogen and oxygen atoms in total. The van der Waals surface area contributed by atoms with Crippen LogP contribution in [0.2, 0.25) is 0 Å². The fourth-order valence-electron chi connectivity index (χ4n) is 5.07. The third-order valence-corrected chi connectivity index (χ3v) is 9.21. The van der Waals surface area contributed by atoms with Gasteiger partial charge in [-0.1, -0.05) is 25.1 Å². The van der Waals surface area contributed by atoms with E-state index in [0.29, 0.717) is 53.2 Å². The van der Waals surface area contributed by atoms with Gasteiger partial charge in [0, 0.05) is 23.6 Å². The molecule has 0 aliphatic carbocycles. The van der Waals surface area contributed by atoms with E-state index in [4.69, 9.17) is 23.7 Å². The zero-order chi connectivity index (χ0) is 29.9. The highest BCUT2D eigenvalue weighted by molar-refractivity contribution is 7.91. The molecule has 0 amide bonds. The van der Waals surface area contributed by atoms with Crippen molar-refractivity contribution in [1.29, 1.82) is 0 Å². The Morgan fingerprint density at radius 2 is 1.29 bits per heavy atom. The lowest BCUT2D eigenvalue weighted by atomic mass is 9.97. The molecule has 0 radical (unpaired) electrons. The molecule has 3 aromatic rings. The third kappa shape index (κ3) is 6.47. The summed E-state index contributed by atoms with van der Waals surface area (Å²) in [5, 5.41) is 0. The molecule has 4 rings (SSSR count). The van der Waals surface area contributed by atoms with Gasteiger partial charge in [0.05, 0.1) is 45.0 Å². The standard InChI is InChI=1S/C30H36O9S2/c1-7-14-38-29-22(21-10-8-9-11-27(21)40(5,31)32)15-19(18-28(29)41(6,33)34)23-12-13-24(39-23)20-16-25(35-2)30(37-4)26(17-20)36-3/h8-11,15-18,23-24H,7,12-14H2,1-6H3/t23-,24-/m1/s1. The SMILES string of the molecule is CCCOc1c(-c2ccccc2S(C)(=O)=O)cc([C@H]2CC[C@H](c3cc(OC)c(OC)c(OC)c3)O2)cc1S(C)(=O)=O. The molecule has 2 atom stereocenters. The molecule has 1 fully saturated rings. The minimum Gasteiger partial charge on any atom is -0.493 e.